The van der Waals surface area contributed by atoms with Gasteiger partial charge in [-0.2, -0.15) is 0 Å². The van der Waals surface area contributed by atoms with Gasteiger partial charge in [0.2, 0.25) is 0 Å². The molecule has 6 heteroatoms. The van der Waals surface area contributed by atoms with Crippen molar-refractivity contribution in [1.82, 2.24) is 4.90 Å². The fourth-order valence-electron chi connectivity index (χ4n) is 3.52. The van der Waals surface area contributed by atoms with Gasteiger partial charge in [0.25, 0.3) is 5.91 Å². The molecule has 1 saturated heterocycles. The van der Waals surface area contributed by atoms with E-state index < -0.39 is 15.1 Å². The van der Waals surface area contributed by atoms with Crippen molar-refractivity contribution in [1.29, 1.82) is 0 Å². The maximum Gasteiger partial charge on any atom is 0.254 e. The molecule has 1 unspecified atom stereocenters. The lowest BCUT2D eigenvalue weighted by molar-refractivity contribution is 0.0768. The molecule has 1 aliphatic rings. The monoisotopic (exact) mass is 385 g/mol. The fraction of sp³-hybridized carbons (Fsp3) is 0.250. The zero-order valence-electron chi connectivity index (χ0n) is 14.2. The van der Waals surface area contributed by atoms with Crippen LogP contribution >= 0.6 is 11.3 Å². The first-order valence-electron chi connectivity index (χ1n) is 8.58. The van der Waals surface area contributed by atoms with Gasteiger partial charge in [-0.15, -0.1) is 11.3 Å². The predicted octanol–water partition coefficient (Wildman–Crippen LogP) is 3.90. The van der Waals surface area contributed by atoms with Crippen molar-refractivity contribution in [2.24, 2.45) is 0 Å². The van der Waals surface area contributed by atoms with Crippen molar-refractivity contribution in [2.45, 2.75) is 11.7 Å². The average Bonchev–Trinajstić information content (AvgIpc) is 3.12. The average molecular weight is 386 g/mol. The number of amides is 1. The van der Waals surface area contributed by atoms with Gasteiger partial charge >= 0.3 is 0 Å². The number of sulfone groups is 1. The third kappa shape index (κ3) is 3.15. The smallest absolute Gasteiger partial charge is 0.254 e. The molecule has 4 rings (SSSR count). The standard InChI is InChI=1S/C20H19NO3S2/c22-20(17-8-3-6-15-5-1-2-7-16(15)17)21-11-10-19(18-9-4-13-25-18)26(23,24)14-12-21/h1-9,13,19H,10-12,14H2. The highest BCUT2D eigenvalue weighted by Gasteiger charge is 2.33. The molecular formula is C20H19NO3S2. The molecular weight excluding hydrogens is 366 g/mol. The molecule has 0 radical (unpaired) electrons. The first-order chi connectivity index (χ1) is 12.6. The molecule has 0 bridgehead atoms. The molecule has 1 amide bonds. The van der Waals surface area contributed by atoms with Crippen LogP contribution in [0.5, 0.6) is 0 Å². The zero-order valence-corrected chi connectivity index (χ0v) is 15.8. The van der Waals surface area contributed by atoms with E-state index >= 15 is 0 Å². The summed E-state index contributed by atoms with van der Waals surface area (Å²) in [5.74, 6) is -0.0877. The first-order valence-corrected chi connectivity index (χ1v) is 11.2. The molecule has 4 nitrogen and oxygen atoms in total. The lowest BCUT2D eigenvalue weighted by atomic mass is 10.0. The molecule has 1 aromatic heterocycles. The van der Waals surface area contributed by atoms with Gasteiger partial charge < -0.3 is 4.90 Å². The zero-order chi connectivity index (χ0) is 18.1. The van der Waals surface area contributed by atoms with Crippen molar-refractivity contribution < 1.29 is 13.2 Å². The van der Waals surface area contributed by atoms with E-state index in [4.69, 9.17) is 0 Å². The molecule has 1 atom stereocenters. The molecule has 2 aromatic carbocycles. The van der Waals surface area contributed by atoms with Gasteiger partial charge in [-0.25, -0.2) is 8.42 Å². The second kappa shape index (κ2) is 6.85. The van der Waals surface area contributed by atoms with Crippen LogP contribution < -0.4 is 0 Å². The van der Waals surface area contributed by atoms with Crippen LogP contribution in [0.15, 0.2) is 60.0 Å². The molecule has 0 spiro atoms. The Morgan fingerprint density at radius 1 is 1.00 bits per heavy atom. The van der Waals surface area contributed by atoms with Crippen LogP contribution in [0.1, 0.15) is 26.9 Å². The van der Waals surface area contributed by atoms with Crippen LogP contribution in [0.4, 0.5) is 0 Å². The highest BCUT2D eigenvalue weighted by atomic mass is 32.2. The van der Waals surface area contributed by atoms with E-state index in [2.05, 4.69) is 0 Å². The number of nitrogens with zero attached hydrogens (tertiary/aromatic N) is 1. The lowest BCUT2D eigenvalue weighted by Crippen LogP contribution is -2.33. The van der Waals surface area contributed by atoms with Gasteiger partial charge in [-0.05, 0) is 34.7 Å². The minimum Gasteiger partial charge on any atom is -0.338 e. The van der Waals surface area contributed by atoms with E-state index in [1.54, 1.807) is 4.90 Å². The van der Waals surface area contributed by atoms with Gasteiger partial charge in [0.05, 0.1) is 11.0 Å². The highest BCUT2D eigenvalue weighted by molar-refractivity contribution is 7.91. The van der Waals surface area contributed by atoms with Crippen molar-refractivity contribution >= 4 is 37.9 Å². The molecule has 1 fully saturated rings. The van der Waals surface area contributed by atoms with Gasteiger partial charge in [0.1, 0.15) is 0 Å². The number of fused-ring (bicyclic) bond motifs is 1. The summed E-state index contributed by atoms with van der Waals surface area (Å²) in [6, 6.07) is 17.2. The second-order valence-corrected chi connectivity index (χ2v) is 9.76. The van der Waals surface area contributed by atoms with Crippen molar-refractivity contribution in [3.63, 3.8) is 0 Å². The minimum atomic E-state index is -3.26. The van der Waals surface area contributed by atoms with Crippen molar-refractivity contribution in [3.05, 3.63) is 70.4 Å². The Balaban J connectivity index is 1.64. The maximum atomic E-state index is 13.1. The Hall–Kier alpha value is -2.18. The van der Waals surface area contributed by atoms with Gasteiger partial charge in [-0.3, -0.25) is 4.79 Å². The second-order valence-electron chi connectivity index (χ2n) is 6.48. The van der Waals surface area contributed by atoms with E-state index in [-0.39, 0.29) is 18.2 Å². The number of hydrogen-bond acceptors (Lipinski definition) is 4. The number of carbonyl (C=O) groups excluding carboxylic acids is 1. The van der Waals surface area contributed by atoms with Crippen molar-refractivity contribution in [3.8, 4) is 0 Å². The maximum absolute atomic E-state index is 13.1. The summed E-state index contributed by atoms with van der Waals surface area (Å²) in [5.41, 5.74) is 0.634. The Labute approximate surface area is 157 Å². The number of benzene rings is 2. The summed E-state index contributed by atoms with van der Waals surface area (Å²) in [6.07, 6.45) is 0.444. The topological polar surface area (TPSA) is 54.5 Å². The first kappa shape index (κ1) is 17.2. The lowest BCUT2D eigenvalue weighted by Gasteiger charge is -2.21. The van der Waals surface area contributed by atoms with E-state index in [0.717, 1.165) is 15.6 Å². The normalized spacial score (nSPS) is 20.0. The third-order valence-corrected chi connectivity index (χ3v) is 8.15. The van der Waals surface area contributed by atoms with Crippen LogP contribution in [0.3, 0.4) is 0 Å². The van der Waals surface area contributed by atoms with Crippen LogP contribution in [0.2, 0.25) is 0 Å². The summed E-state index contributed by atoms with van der Waals surface area (Å²) in [6.45, 7) is 0.691. The molecule has 26 heavy (non-hydrogen) atoms. The van der Waals surface area contributed by atoms with Crippen molar-refractivity contribution in [2.75, 3.05) is 18.8 Å². The fourth-order valence-corrected chi connectivity index (χ4v) is 6.53. The molecule has 0 aliphatic carbocycles. The summed E-state index contributed by atoms with van der Waals surface area (Å²) < 4.78 is 25.4. The molecule has 0 N–H and O–H groups in total. The number of thiophene rings is 1. The number of hydrogen-bond donors (Lipinski definition) is 0. The summed E-state index contributed by atoms with van der Waals surface area (Å²) >= 11 is 1.47. The number of carbonyl (C=O) groups is 1. The SMILES string of the molecule is O=C(c1cccc2ccccc12)N1CCC(c2cccs2)S(=O)(=O)CC1. The van der Waals surface area contributed by atoms with E-state index in [9.17, 15) is 13.2 Å². The predicted molar refractivity (Wildman–Crippen MR) is 105 cm³/mol. The Morgan fingerprint density at radius 2 is 1.81 bits per heavy atom. The van der Waals surface area contributed by atoms with E-state index in [1.807, 2.05) is 60.0 Å². The van der Waals surface area contributed by atoms with Gasteiger partial charge in [-0.1, -0.05) is 42.5 Å². The van der Waals surface area contributed by atoms with Crippen LogP contribution in [-0.4, -0.2) is 38.1 Å². The summed E-state index contributed by atoms with van der Waals surface area (Å²) in [5, 5.41) is 3.31. The Kier molecular flexibility index (Phi) is 4.54. The summed E-state index contributed by atoms with van der Waals surface area (Å²) in [7, 11) is -3.26. The molecule has 134 valence electrons. The highest BCUT2D eigenvalue weighted by Crippen LogP contribution is 2.33. The van der Waals surface area contributed by atoms with Gasteiger partial charge in [0.15, 0.2) is 9.84 Å². The quantitative estimate of drug-likeness (QED) is 0.672. The van der Waals surface area contributed by atoms with Crippen LogP contribution in [-0.2, 0) is 9.84 Å². The number of rotatable bonds is 2. The van der Waals surface area contributed by atoms with Gasteiger partial charge in [0, 0.05) is 23.5 Å². The Bertz CT molecular complexity index is 1040. The third-order valence-electron chi connectivity index (χ3n) is 4.91. The molecule has 0 saturated carbocycles. The Morgan fingerprint density at radius 3 is 2.62 bits per heavy atom. The molecule has 3 aromatic rings. The molecule has 2 heterocycles. The molecule has 1 aliphatic heterocycles. The van der Waals surface area contributed by atoms with E-state index in [0.29, 0.717) is 18.5 Å². The summed E-state index contributed by atoms with van der Waals surface area (Å²) in [4.78, 5) is 15.7. The van der Waals surface area contributed by atoms with E-state index in [1.165, 1.54) is 11.3 Å². The minimum absolute atomic E-state index is 0.00602. The largest absolute Gasteiger partial charge is 0.338 e. The van der Waals surface area contributed by atoms with Crippen LogP contribution in [0.25, 0.3) is 10.8 Å². The van der Waals surface area contributed by atoms with Crippen LogP contribution in [0, 0.1) is 0 Å².